The maximum absolute atomic E-state index is 3.45. The lowest BCUT2D eigenvalue weighted by atomic mass is 10.2. The molecule has 92 valence electrons. The summed E-state index contributed by atoms with van der Waals surface area (Å²) < 4.78 is 3.38. The molecule has 0 fully saturated rings. The van der Waals surface area contributed by atoms with Gasteiger partial charge in [-0.1, -0.05) is 29.3 Å². The van der Waals surface area contributed by atoms with Crippen LogP contribution in [0.2, 0.25) is 0 Å². The quantitative estimate of drug-likeness (QED) is 0.564. The molecule has 2 aromatic rings. The summed E-state index contributed by atoms with van der Waals surface area (Å²) in [7, 11) is 0. The van der Waals surface area contributed by atoms with Gasteiger partial charge in [-0.3, -0.25) is 0 Å². The number of unbranched alkanes of at least 4 members (excludes halogenated alkanes) is 1. The van der Waals surface area contributed by atoms with Crippen molar-refractivity contribution >= 4 is 15.9 Å². The van der Waals surface area contributed by atoms with E-state index in [-0.39, 0.29) is 24.0 Å². The predicted octanol–water partition coefficient (Wildman–Crippen LogP) is 0.536. The van der Waals surface area contributed by atoms with Crippen molar-refractivity contribution in [3.8, 4) is 11.4 Å². The third-order valence-electron chi connectivity index (χ3n) is 2.63. The Morgan fingerprint density at radius 2 is 1.94 bits per heavy atom. The van der Waals surface area contributed by atoms with Crippen molar-refractivity contribution < 1.29 is 28.5 Å². The molecule has 0 amide bonds. The highest BCUT2D eigenvalue weighted by atomic mass is 127. The molecule has 1 aromatic carbocycles. The summed E-state index contributed by atoms with van der Waals surface area (Å²) in [5.41, 5.74) is 1.23. The molecule has 1 heterocycles. The second kappa shape index (κ2) is 7.16. The molecule has 4 heteroatoms. The van der Waals surface area contributed by atoms with E-state index in [0.29, 0.717) is 0 Å². The molecule has 0 unspecified atom stereocenters. The number of nitrogens with one attached hydrogen (secondary N) is 1. The maximum atomic E-state index is 3.45. The van der Waals surface area contributed by atoms with Gasteiger partial charge in [0.1, 0.15) is 12.4 Å². The highest BCUT2D eigenvalue weighted by Gasteiger charge is 2.11. The minimum Gasteiger partial charge on any atom is -1.00 e. The Morgan fingerprint density at radius 1 is 1.24 bits per heavy atom. The molecule has 0 atom stereocenters. The summed E-state index contributed by atoms with van der Waals surface area (Å²) >= 11 is 3.45. The molecule has 2 nitrogen and oxygen atoms in total. The number of halogens is 2. The SMILES string of the molecule is CCCC[n+]1cc[nH]c1-c1ccc(Br)cc1.[I-]. The number of hydrogen-bond acceptors (Lipinski definition) is 0. The molecule has 2 rings (SSSR count). The topological polar surface area (TPSA) is 19.7 Å². The van der Waals surface area contributed by atoms with Gasteiger partial charge in [0.15, 0.2) is 0 Å². The van der Waals surface area contributed by atoms with E-state index in [1.165, 1.54) is 24.2 Å². The van der Waals surface area contributed by atoms with Crippen LogP contribution in [0.15, 0.2) is 41.1 Å². The Hall–Kier alpha value is -0.360. The first kappa shape index (κ1) is 14.7. The van der Waals surface area contributed by atoms with Crippen molar-refractivity contribution in [2.75, 3.05) is 0 Å². The minimum atomic E-state index is 0. The standard InChI is InChI=1S/C13H15BrN2.HI/c1-2-3-9-16-10-8-15-13(16)11-4-6-12(14)7-5-11;/h4-8,10H,2-3,9H2,1H3;1H. The van der Waals surface area contributed by atoms with Crippen LogP contribution >= 0.6 is 15.9 Å². The van der Waals surface area contributed by atoms with Crippen molar-refractivity contribution in [1.82, 2.24) is 4.98 Å². The average molecular weight is 407 g/mol. The Bertz CT molecular complexity index is 451. The molecule has 0 spiro atoms. The first-order valence-corrected chi connectivity index (χ1v) is 6.43. The van der Waals surface area contributed by atoms with Crippen molar-refractivity contribution in [1.29, 1.82) is 0 Å². The molecule has 0 radical (unpaired) electrons. The second-order valence-corrected chi connectivity index (χ2v) is 4.78. The number of aromatic amines is 1. The lowest BCUT2D eigenvalue weighted by Gasteiger charge is -2.00. The van der Waals surface area contributed by atoms with Gasteiger partial charge in [-0.15, -0.1) is 0 Å². The molecular formula is C13H16BrIN2. The molecule has 17 heavy (non-hydrogen) atoms. The number of H-pyrrole nitrogens is 1. The number of aromatic nitrogens is 2. The zero-order valence-electron chi connectivity index (χ0n) is 9.79. The zero-order valence-corrected chi connectivity index (χ0v) is 13.5. The first-order chi connectivity index (χ1) is 7.81. The number of hydrogen-bond donors (Lipinski definition) is 1. The summed E-state index contributed by atoms with van der Waals surface area (Å²) in [4.78, 5) is 3.30. The van der Waals surface area contributed by atoms with Gasteiger partial charge in [-0.25, -0.2) is 9.55 Å². The fourth-order valence-corrected chi connectivity index (χ4v) is 2.00. The van der Waals surface area contributed by atoms with Crippen molar-refractivity contribution in [2.24, 2.45) is 0 Å². The summed E-state index contributed by atoms with van der Waals surface area (Å²) in [5, 5.41) is 0. The van der Waals surface area contributed by atoms with E-state index in [1.807, 2.05) is 6.20 Å². The van der Waals surface area contributed by atoms with Crippen LogP contribution in [0.1, 0.15) is 19.8 Å². The summed E-state index contributed by atoms with van der Waals surface area (Å²) in [6.45, 7) is 3.29. The maximum Gasteiger partial charge on any atom is 0.286 e. The number of rotatable bonds is 4. The number of aryl methyl sites for hydroxylation is 1. The molecule has 0 aliphatic heterocycles. The van der Waals surface area contributed by atoms with Crippen LogP contribution in [-0.2, 0) is 6.54 Å². The Kier molecular flexibility index (Phi) is 6.19. The van der Waals surface area contributed by atoms with Crippen LogP contribution in [-0.4, -0.2) is 4.98 Å². The fraction of sp³-hybridized carbons (Fsp3) is 0.308. The summed E-state index contributed by atoms with van der Waals surface area (Å²) in [6, 6.07) is 8.39. The molecular weight excluding hydrogens is 391 g/mol. The van der Waals surface area contributed by atoms with E-state index in [2.05, 4.69) is 62.9 Å². The third kappa shape index (κ3) is 3.81. The van der Waals surface area contributed by atoms with Crippen LogP contribution in [0.4, 0.5) is 0 Å². The fourth-order valence-electron chi connectivity index (χ4n) is 1.74. The van der Waals surface area contributed by atoms with Crippen LogP contribution in [0.3, 0.4) is 0 Å². The Labute approximate surface area is 128 Å². The monoisotopic (exact) mass is 406 g/mol. The molecule has 1 N–H and O–H groups in total. The van der Waals surface area contributed by atoms with E-state index in [0.717, 1.165) is 11.0 Å². The van der Waals surface area contributed by atoms with Gasteiger partial charge >= 0.3 is 0 Å². The van der Waals surface area contributed by atoms with Gasteiger partial charge in [-0.2, -0.15) is 0 Å². The number of imidazole rings is 1. The van der Waals surface area contributed by atoms with Gasteiger partial charge in [0.25, 0.3) is 5.82 Å². The van der Waals surface area contributed by atoms with Crippen LogP contribution < -0.4 is 28.5 Å². The van der Waals surface area contributed by atoms with Crippen LogP contribution in [0, 0.1) is 0 Å². The molecule has 0 bridgehead atoms. The Morgan fingerprint density at radius 3 is 2.59 bits per heavy atom. The second-order valence-electron chi connectivity index (χ2n) is 3.86. The van der Waals surface area contributed by atoms with Gasteiger partial charge in [0, 0.05) is 4.47 Å². The molecule has 0 aliphatic rings. The van der Waals surface area contributed by atoms with Gasteiger partial charge in [0.2, 0.25) is 0 Å². The van der Waals surface area contributed by atoms with Crippen LogP contribution in [0.25, 0.3) is 11.4 Å². The van der Waals surface area contributed by atoms with Crippen molar-refractivity contribution in [2.45, 2.75) is 26.3 Å². The molecule has 0 saturated carbocycles. The van der Waals surface area contributed by atoms with Crippen LogP contribution in [0.5, 0.6) is 0 Å². The van der Waals surface area contributed by atoms with E-state index in [9.17, 15) is 0 Å². The molecule has 0 aliphatic carbocycles. The van der Waals surface area contributed by atoms with Crippen molar-refractivity contribution in [3.63, 3.8) is 0 Å². The minimum absolute atomic E-state index is 0. The Balaban J connectivity index is 0.00000144. The molecule has 1 aromatic heterocycles. The lowest BCUT2D eigenvalue weighted by Crippen LogP contribution is -3.00. The first-order valence-electron chi connectivity index (χ1n) is 5.64. The largest absolute Gasteiger partial charge is 1.00 e. The van der Waals surface area contributed by atoms with E-state index >= 15 is 0 Å². The third-order valence-corrected chi connectivity index (χ3v) is 3.16. The zero-order chi connectivity index (χ0) is 11.4. The summed E-state index contributed by atoms with van der Waals surface area (Å²) in [6.07, 6.45) is 6.53. The highest BCUT2D eigenvalue weighted by Crippen LogP contribution is 2.17. The highest BCUT2D eigenvalue weighted by molar-refractivity contribution is 9.10. The van der Waals surface area contributed by atoms with E-state index in [4.69, 9.17) is 0 Å². The average Bonchev–Trinajstić information content (AvgIpc) is 2.75. The number of benzene rings is 1. The number of nitrogens with zero attached hydrogens (tertiary/aromatic N) is 1. The molecule has 0 saturated heterocycles. The van der Waals surface area contributed by atoms with Gasteiger partial charge in [-0.05, 0) is 30.7 Å². The van der Waals surface area contributed by atoms with Gasteiger partial charge in [0.05, 0.1) is 12.1 Å². The van der Waals surface area contributed by atoms with E-state index < -0.39 is 0 Å². The van der Waals surface area contributed by atoms with Gasteiger partial charge < -0.3 is 24.0 Å². The van der Waals surface area contributed by atoms with E-state index in [1.54, 1.807) is 0 Å². The summed E-state index contributed by atoms with van der Waals surface area (Å²) in [5.74, 6) is 1.18. The lowest BCUT2D eigenvalue weighted by molar-refractivity contribution is -0.685. The van der Waals surface area contributed by atoms with Crippen molar-refractivity contribution in [3.05, 3.63) is 41.1 Å². The smallest absolute Gasteiger partial charge is 0.286 e. The predicted molar refractivity (Wildman–Crippen MR) is 69.0 cm³/mol. The normalized spacial score (nSPS) is 10.0.